The van der Waals surface area contributed by atoms with Crippen LogP contribution in [0.2, 0.25) is 0 Å². The molecule has 0 aliphatic rings. The van der Waals surface area contributed by atoms with Crippen molar-refractivity contribution < 1.29 is 8.42 Å². The third kappa shape index (κ3) is 3.33. The van der Waals surface area contributed by atoms with Gasteiger partial charge in [-0.2, -0.15) is 5.26 Å². The molecule has 0 bridgehead atoms. The number of hydrogen-bond acceptors (Lipinski definition) is 4. The van der Waals surface area contributed by atoms with E-state index in [4.69, 9.17) is 5.26 Å². The molecule has 2 aromatic carbocycles. The van der Waals surface area contributed by atoms with Crippen LogP contribution in [0.3, 0.4) is 0 Å². The molecule has 2 aromatic rings. The SMILES string of the molecule is CNc1ccc(NS(=O)(=O)c2cc(C#N)ccc2C)cc1. The Morgan fingerprint density at radius 3 is 2.24 bits per heavy atom. The summed E-state index contributed by atoms with van der Waals surface area (Å²) in [6.07, 6.45) is 0. The van der Waals surface area contributed by atoms with Crippen molar-refractivity contribution in [3.05, 3.63) is 53.6 Å². The molecule has 2 N–H and O–H groups in total. The Labute approximate surface area is 124 Å². The van der Waals surface area contributed by atoms with Crippen LogP contribution >= 0.6 is 0 Å². The van der Waals surface area contributed by atoms with Gasteiger partial charge in [0.05, 0.1) is 16.5 Å². The minimum atomic E-state index is -3.72. The molecule has 0 saturated carbocycles. The van der Waals surface area contributed by atoms with Gasteiger partial charge in [0.25, 0.3) is 10.0 Å². The van der Waals surface area contributed by atoms with Crippen LogP contribution in [0.4, 0.5) is 11.4 Å². The number of rotatable bonds is 4. The summed E-state index contributed by atoms with van der Waals surface area (Å²) in [4.78, 5) is 0.110. The van der Waals surface area contributed by atoms with Crippen molar-refractivity contribution in [2.24, 2.45) is 0 Å². The fourth-order valence-corrected chi connectivity index (χ4v) is 3.20. The minimum Gasteiger partial charge on any atom is -0.388 e. The van der Waals surface area contributed by atoms with Gasteiger partial charge < -0.3 is 5.32 Å². The summed E-state index contributed by atoms with van der Waals surface area (Å²) >= 11 is 0. The van der Waals surface area contributed by atoms with Crippen molar-refractivity contribution in [2.75, 3.05) is 17.1 Å². The number of anilines is 2. The Morgan fingerprint density at radius 2 is 1.67 bits per heavy atom. The fraction of sp³-hybridized carbons (Fsp3) is 0.133. The highest BCUT2D eigenvalue weighted by atomic mass is 32.2. The van der Waals surface area contributed by atoms with E-state index in [9.17, 15) is 8.42 Å². The Balaban J connectivity index is 2.36. The molecule has 108 valence electrons. The number of nitrogens with one attached hydrogen (secondary N) is 2. The van der Waals surface area contributed by atoms with E-state index in [1.54, 1.807) is 50.4 Å². The largest absolute Gasteiger partial charge is 0.388 e. The van der Waals surface area contributed by atoms with Gasteiger partial charge >= 0.3 is 0 Å². The molecule has 0 atom stereocenters. The van der Waals surface area contributed by atoms with Gasteiger partial charge in [-0.1, -0.05) is 6.07 Å². The van der Waals surface area contributed by atoms with Crippen LogP contribution in [-0.4, -0.2) is 15.5 Å². The van der Waals surface area contributed by atoms with Crippen LogP contribution in [0.25, 0.3) is 0 Å². The fourth-order valence-electron chi connectivity index (χ4n) is 1.87. The third-order valence-corrected chi connectivity index (χ3v) is 4.56. The molecule has 5 nitrogen and oxygen atoms in total. The van der Waals surface area contributed by atoms with E-state index in [0.29, 0.717) is 16.8 Å². The van der Waals surface area contributed by atoms with Crippen LogP contribution < -0.4 is 10.0 Å². The summed E-state index contributed by atoms with van der Waals surface area (Å²) in [7, 11) is -1.93. The Hall–Kier alpha value is -2.52. The van der Waals surface area contributed by atoms with Crippen LogP contribution in [0.1, 0.15) is 11.1 Å². The molecule has 21 heavy (non-hydrogen) atoms. The zero-order chi connectivity index (χ0) is 15.5. The smallest absolute Gasteiger partial charge is 0.262 e. The molecule has 0 amide bonds. The molecule has 0 spiro atoms. The first-order chi connectivity index (χ1) is 9.96. The van der Waals surface area contributed by atoms with Crippen molar-refractivity contribution in [3.8, 4) is 6.07 Å². The molecule has 0 saturated heterocycles. The van der Waals surface area contributed by atoms with Gasteiger partial charge in [0.15, 0.2) is 0 Å². The Kier molecular flexibility index (Phi) is 4.15. The van der Waals surface area contributed by atoms with E-state index in [0.717, 1.165) is 5.69 Å². The standard InChI is InChI=1S/C15H15N3O2S/c1-11-3-4-12(10-16)9-15(11)21(19,20)18-14-7-5-13(17-2)6-8-14/h3-9,17-18H,1-2H3. The number of nitrogens with zero attached hydrogens (tertiary/aromatic N) is 1. The van der Waals surface area contributed by atoms with E-state index >= 15 is 0 Å². The van der Waals surface area contributed by atoms with Crippen LogP contribution in [0, 0.1) is 18.3 Å². The van der Waals surface area contributed by atoms with Gasteiger partial charge in [0.1, 0.15) is 0 Å². The molecule has 0 radical (unpaired) electrons. The topological polar surface area (TPSA) is 82.0 Å². The van der Waals surface area contributed by atoms with Crippen molar-refractivity contribution in [2.45, 2.75) is 11.8 Å². The van der Waals surface area contributed by atoms with Gasteiger partial charge in [-0.3, -0.25) is 4.72 Å². The molecule has 6 heteroatoms. The highest BCUT2D eigenvalue weighted by Crippen LogP contribution is 2.21. The Bertz CT molecular complexity index is 791. The lowest BCUT2D eigenvalue weighted by atomic mass is 10.2. The van der Waals surface area contributed by atoms with E-state index < -0.39 is 10.0 Å². The monoisotopic (exact) mass is 301 g/mol. The first kappa shape index (κ1) is 14.9. The first-order valence-corrected chi connectivity index (χ1v) is 7.76. The predicted octanol–water partition coefficient (Wildman–Crippen LogP) is 2.71. The molecular weight excluding hydrogens is 286 g/mol. The summed E-state index contributed by atoms with van der Waals surface area (Å²) in [6.45, 7) is 1.69. The van der Waals surface area contributed by atoms with Crippen molar-refractivity contribution >= 4 is 21.4 Å². The lowest BCUT2D eigenvalue weighted by Crippen LogP contribution is -2.14. The average Bonchev–Trinajstić information content (AvgIpc) is 2.48. The molecule has 0 fully saturated rings. The predicted molar refractivity (Wildman–Crippen MR) is 82.7 cm³/mol. The second kappa shape index (κ2) is 5.85. The minimum absolute atomic E-state index is 0.110. The van der Waals surface area contributed by atoms with Gasteiger partial charge in [-0.25, -0.2) is 8.42 Å². The second-order valence-electron chi connectivity index (χ2n) is 4.52. The number of benzene rings is 2. The third-order valence-electron chi connectivity index (χ3n) is 3.03. The lowest BCUT2D eigenvalue weighted by molar-refractivity contribution is 0.600. The molecule has 0 aliphatic carbocycles. The zero-order valence-corrected chi connectivity index (χ0v) is 12.5. The quantitative estimate of drug-likeness (QED) is 0.909. The number of sulfonamides is 1. The summed E-state index contributed by atoms with van der Waals surface area (Å²) in [6, 6.07) is 13.4. The van der Waals surface area contributed by atoms with Gasteiger partial charge in [-0.05, 0) is 48.9 Å². The number of nitriles is 1. The Morgan fingerprint density at radius 1 is 1.05 bits per heavy atom. The normalized spacial score (nSPS) is 10.7. The van der Waals surface area contributed by atoms with E-state index in [-0.39, 0.29) is 4.90 Å². The molecule has 0 unspecified atom stereocenters. The highest BCUT2D eigenvalue weighted by Gasteiger charge is 2.17. The molecule has 0 aliphatic heterocycles. The van der Waals surface area contributed by atoms with E-state index in [1.807, 2.05) is 6.07 Å². The highest BCUT2D eigenvalue weighted by molar-refractivity contribution is 7.92. The van der Waals surface area contributed by atoms with Crippen LogP contribution in [-0.2, 0) is 10.0 Å². The summed E-state index contributed by atoms with van der Waals surface area (Å²) < 4.78 is 27.3. The molecular formula is C15H15N3O2S. The zero-order valence-electron chi connectivity index (χ0n) is 11.7. The summed E-state index contributed by atoms with van der Waals surface area (Å²) in [5.74, 6) is 0. The first-order valence-electron chi connectivity index (χ1n) is 6.27. The van der Waals surface area contributed by atoms with E-state index in [2.05, 4.69) is 10.0 Å². The van der Waals surface area contributed by atoms with Gasteiger partial charge in [-0.15, -0.1) is 0 Å². The number of hydrogen-bond donors (Lipinski definition) is 2. The maximum absolute atomic E-state index is 12.4. The van der Waals surface area contributed by atoms with Crippen molar-refractivity contribution in [3.63, 3.8) is 0 Å². The van der Waals surface area contributed by atoms with Crippen LogP contribution in [0.15, 0.2) is 47.4 Å². The van der Waals surface area contributed by atoms with Crippen molar-refractivity contribution in [1.29, 1.82) is 5.26 Å². The maximum atomic E-state index is 12.4. The summed E-state index contributed by atoms with van der Waals surface area (Å²) in [5, 5.41) is 11.9. The van der Waals surface area contributed by atoms with Crippen molar-refractivity contribution in [1.82, 2.24) is 0 Å². The second-order valence-corrected chi connectivity index (χ2v) is 6.18. The van der Waals surface area contributed by atoms with Crippen LogP contribution in [0.5, 0.6) is 0 Å². The molecule has 0 heterocycles. The molecule has 2 rings (SSSR count). The average molecular weight is 301 g/mol. The van der Waals surface area contributed by atoms with Gasteiger partial charge in [0.2, 0.25) is 0 Å². The number of aryl methyl sites for hydroxylation is 1. The van der Waals surface area contributed by atoms with Gasteiger partial charge in [0, 0.05) is 18.4 Å². The lowest BCUT2D eigenvalue weighted by Gasteiger charge is -2.11. The maximum Gasteiger partial charge on any atom is 0.262 e. The molecule has 0 aromatic heterocycles. The summed E-state index contributed by atoms with van der Waals surface area (Å²) in [5.41, 5.74) is 2.26. The van der Waals surface area contributed by atoms with E-state index in [1.165, 1.54) is 6.07 Å².